The van der Waals surface area contributed by atoms with Crippen molar-refractivity contribution in [2.24, 2.45) is 0 Å². The van der Waals surface area contributed by atoms with Crippen LogP contribution >= 0.6 is 0 Å². The summed E-state index contributed by atoms with van der Waals surface area (Å²) in [6.45, 7) is 12.0. The zero-order valence-electron chi connectivity index (χ0n) is 21.5. The molecule has 0 heterocycles. The van der Waals surface area contributed by atoms with Crippen molar-refractivity contribution in [1.82, 2.24) is 5.32 Å². The highest BCUT2D eigenvalue weighted by atomic mass is 28.3. The molecule has 0 aliphatic rings. The second-order valence-corrected chi connectivity index (χ2v) is 15.9. The molecule has 0 saturated heterocycles. The summed E-state index contributed by atoms with van der Waals surface area (Å²) >= 11 is 0. The lowest BCUT2D eigenvalue weighted by atomic mass is 10.1. The van der Waals surface area contributed by atoms with Crippen molar-refractivity contribution in [1.29, 1.82) is 0 Å². The second-order valence-electron chi connectivity index (χ2n) is 10.5. The molecule has 0 radical (unpaired) electrons. The quantitative estimate of drug-likeness (QED) is 0.274. The summed E-state index contributed by atoms with van der Waals surface area (Å²) < 4.78 is 16.2. The van der Waals surface area contributed by atoms with Gasteiger partial charge in [0.15, 0.2) is 0 Å². The molecule has 0 aliphatic heterocycles. The van der Waals surface area contributed by atoms with Crippen LogP contribution in [0.3, 0.4) is 0 Å². The molecule has 8 heteroatoms. The lowest BCUT2D eigenvalue weighted by Crippen LogP contribution is -2.45. The van der Waals surface area contributed by atoms with Gasteiger partial charge in [0.2, 0.25) is 0 Å². The summed E-state index contributed by atoms with van der Waals surface area (Å²) in [5, 5.41) is 2.46. The lowest BCUT2D eigenvalue weighted by Gasteiger charge is -2.29. The number of nitrogens with one attached hydrogen (secondary N) is 1. The van der Waals surface area contributed by atoms with Gasteiger partial charge < -0.3 is 19.5 Å². The maximum Gasteiger partial charge on any atom is 0.408 e. The molecule has 0 aromatic heterocycles. The van der Waals surface area contributed by atoms with Crippen molar-refractivity contribution in [3.63, 3.8) is 0 Å². The molecule has 0 spiro atoms. The molecular weight excluding hydrogens is 462 g/mol. The molecule has 2 aromatic rings. The average molecular weight is 500 g/mol. The maximum absolute atomic E-state index is 12.8. The standard InChI is InChI=1S/C27H37NO6Si/c1-27(2,3)34-26(31)28-22(25(30)33-18-20-13-9-7-10-14-20)17-24(29)32-19-23(35(4,5)6)21-15-11-8-12-16-21/h7-16,22-23H,17-19H2,1-6H3,(H,28,31)/t22-,23?/m0/s1. The van der Waals surface area contributed by atoms with E-state index in [4.69, 9.17) is 14.2 Å². The van der Waals surface area contributed by atoms with Crippen LogP contribution in [0, 0.1) is 0 Å². The van der Waals surface area contributed by atoms with Crippen molar-refractivity contribution in [2.45, 2.75) is 70.6 Å². The number of ether oxygens (including phenoxy) is 3. The van der Waals surface area contributed by atoms with E-state index in [1.165, 1.54) is 0 Å². The molecule has 7 nitrogen and oxygen atoms in total. The van der Waals surface area contributed by atoms with Gasteiger partial charge in [-0.15, -0.1) is 0 Å². The summed E-state index contributed by atoms with van der Waals surface area (Å²) in [5.41, 5.74) is 1.24. The topological polar surface area (TPSA) is 90.9 Å². The third-order valence-electron chi connectivity index (χ3n) is 5.23. The minimum absolute atomic E-state index is 0.0208. The van der Waals surface area contributed by atoms with Gasteiger partial charge in [-0.2, -0.15) is 0 Å². The number of amides is 1. The minimum Gasteiger partial charge on any atom is -0.465 e. The fourth-order valence-corrected chi connectivity index (χ4v) is 5.18. The molecular formula is C27H37NO6Si. The van der Waals surface area contributed by atoms with Gasteiger partial charge in [0.1, 0.15) is 18.2 Å². The molecule has 0 aliphatic carbocycles. The summed E-state index contributed by atoms with van der Waals surface area (Å²) in [7, 11) is -1.72. The van der Waals surface area contributed by atoms with Crippen molar-refractivity contribution >= 4 is 26.1 Å². The second kappa shape index (κ2) is 12.5. The van der Waals surface area contributed by atoms with E-state index in [-0.39, 0.29) is 25.2 Å². The highest BCUT2D eigenvalue weighted by Gasteiger charge is 2.32. The van der Waals surface area contributed by atoms with Crippen LogP contribution in [0.1, 0.15) is 43.9 Å². The zero-order valence-corrected chi connectivity index (χ0v) is 22.5. The van der Waals surface area contributed by atoms with E-state index in [0.717, 1.165) is 11.1 Å². The van der Waals surface area contributed by atoms with Crippen LogP contribution in [0.4, 0.5) is 4.79 Å². The van der Waals surface area contributed by atoms with Gasteiger partial charge in [-0.3, -0.25) is 4.79 Å². The van der Waals surface area contributed by atoms with Crippen molar-refractivity contribution in [3.8, 4) is 0 Å². The third-order valence-corrected chi connectivity index (χ3v) is 7.82. The molecule has 0 saturated carbocycles. The monoisotopic (exact) mass is 499 g/mol. The van der Waals surface area contributed by atoms with Crippen LogP contribution < -0.4 is 5.32 Å². The Morgan fingerprint density at radius 1 is 0.886 bits per heavy atom. The maximum atomic E-state index is 12.8. The molecule has 190 valence electrons. The molecule has 35 heavy (non-hydrogen) atoms. The third kappa shape index (κ3) is 10.3. The van der Waals surface area contributed by atoms with E-state index in [9.17, 15) is 14.4 Å². The van der Waals surface area contributed by atoms with Crippen molar-refractivity contribution < 1.29 is 28.6 Å². The van der Waals surface area contributed by atoms with Gasteiger partial charge >= 0.3 is 18.0 Å². The van der Waals surface area contributed by atoms with Gasteiger partial charge in [-0.25, -0.2) is 9.59 Å². The van der Waals surface area contributed by atoms with Crippen LogP contribution in [0.2, 0.25) is 19.6 Å². The Hall–Kier alpha value is -3.13. The van der Waals surface area contributed by atoms with Crippen LogP contribution in [-0.2, 0) is 30.4 Å². The summed E-state index contributed by atoms with van der Waals surface area (Å²) in [6, 6.07) is 17.9. The Labute approximate surface area is 209 Å². The number of esters is 2. The smallest absolute Gasteiger partial charge is 0.408 e. The largest absolute Gasteiger partial charge is 0.465 e. The van der Waals surface area contributed by atoms with Crippen molar-refractivity contribution in [2.75, 3.05) is 6.61 Å². The first-order valence-electron chi connectivity index (χ1n) is 11.8. The van der Waals surface area contributed by atoms with E-state index >= 15 is 0 Å². The molecule has 0 fully saturated rings. The molecule has 1 N–H and O–H groups in total. The summed E-state index contributed by atoms with van der Waals surface area (Å²) in [5.74, 6) is -1.33. The Bertz CT molecular complexity index is 967. The predicted molar refractivity (Wildman–Crippen MR) is 138 cm³/mol. The Balaban J connectivity index is 2.06. The van der Waals surface area contributed by atoms with Crippen molar-refractivity contribution in [3.05, 3.63) is 71.8 Å². The van der Waals surface area contributed by atoms with E-state index in [1.807, 2.05) is 60.7 Å². The Morgan fingerprint density at radius 2 is 1.46 bits per heavy atom. The van der Waals surface area contributed by atoms with E-state index in [0.29, 0.717) is 0 Å². The Morgan fingerprint density at radius 3 is 2.00 bits per heavy atom. The first kappa shape index (κ1) is 28.1. The number of hydrogen-bond acceptors (Lipinski definition) is 6. The number of rotatable bonds is 10. The first-order chi connectivity index (χ1) is 16.3. The molecule has 1 unspecified atom stereocenters. The fraction of sp³-hybridized carbons (Fsp3) is 0.444. The number of alkyl carbamates (subject to hydrolysis) is 1. The molecule has 2 atom stereocenters. The SMILES string of the molecule is CC(C)(C)OC(=O)N[C@@H](CC(=O)OCC(c1ccccc1)[Si](C)(C)C)C(=O)OCc1ccccc1. The average Bonchev–Trinajstić information content (AvgIpc) is 2.76. The minimum atomic E-state index is -1.72. The highest BCUT2D eigenvalue weighted by molar-refractivity contribution is 6.77. The molecule has 2 rings (SSSR count). The van der Waals surface area contributed by atoms with Crippen LogP contribution in [0.5, 0.6) is 0 Å². The van der Waals surface area contributed by atoms with Gasteiger partial charge in [0, 0.05) is 5.54 Å². The predicted octanol–water partition coefficient (Wildman–Crippen LogP) is 5.22. The number of hydrogen-bond donors (Lipinski definition) is 1. The number of benzene rings is 2. The van der Waals surface area contributed by atoms with Gasteiger partial charge in [-0.05, 0) is 31.9 Å². The van der Waals surface area contributed by atoms with E-state index in [1.54, 1.807) is 20.8 Å². The normalized spacial score (nSPS) is 13.3. The van der Waals surface area contributed by atoms with Crippen LogP contribution in [-0.4, -0.2) is 44.4 Å². The zero-order chi connectivity index (χ0) is 26.1. The summed E-state index contributed by atoms with van der Waals surface area (Å²) in [6.07, 6.45) is -1.17. The Kier molecular flexibility index (Phi) is 10.1. The van der Waals surface area contributed by atoms with Gasteiger partial charge in [0.25, 0.3) is 0 Å². The number of carbonyl (C=O) groups is 3. The molecule has 1 amide bonds. The fourth-order valence-electron chi connectivity index (χ4n) is 3.41. The lowest BCUT2D eigenvalue weighted by molar-refractivity contribution is -0.153. The van der Waals surface area contributed by atoms with Crippen LogP contribution in [0.15, 0.2) is 60.7 Å². The summed E-state index contributed by atoms with van der Waals surface area (Å²) in [4.78, 5) is 37.9. The van der Waals surface area contributed by atoms with Gasteiger partial charge in [0.05, 0.1) is 21.1 Å². The van der Waals surface area contributed by atoms with E-state index in [2.05, 4.69) is 25.0 Å². The highest BCUT2D eigenvalue weighted by Crippen LogP contribution is 2.27. The van der Waals surface area contributed by atoms with Gasteiger partial charge in [-0.1, -0.05) is 80.3 Å². The first-order valence-corrected chi connectivity index (χ1v) is 15.3. The van der Waals surface area contributed by atoms with E-state index < -0.39 is 37.7 Å². The molecule has 2 aromatic carbocycles. The number of carbonyl (C=O) groups excluding carboxylic acids is 3. The molecule has 0 bridgehead atoms. The van der Waals surface area contributed by atoms with Crippen LogP contribution in [0.25, 0.3) is 0 Å².